The van der Waals surface area contributed by atoms with Gasteiger partial charge in [0.15, 0.2) is 23.9 Å². The number of aliphatic hydroxyl groups is 1. The van der Waals surface area contributed by atoms with Gasteiger partial charge in [0.25, 0.3) is 0 Å². The van der Waals surface area contributed by atoms with Gasteiger partial charge in [0.2, 0.25) is 17.6 Å². The predicted molar refractivity (Wildman–Crippen MR) is 185 cm³/mol. The van der Waals surface area contributed by atoms with E-state index in [2.05, 4.69) is 17.6 Å². The highest BCUT2D eigenvalue weighted by Crippen LogP contribution is 2.67. The zero-order valence-corrected chi connectivity index (χ0v) is 29.6. The molecule has 6 atom stereocenters. The number of ether oxygens (including phenoxy) is 1. The first kappa shape index (κ1) is 37.5. The van der Waals surface area contributed by atoms with Crippen molar-refractivity contribution >= 4 is 29.4 Å². The Balaban J connectivity index is 0.951. The molecule has 5 rings (SSSR count). The third-order valence-electron chi connectivity index (χ3n) is 12.7. The fourth-order valence-electron chi connectivity index (χ4n) is 9.65. The SMILES string of the molecule is C[C@]12CCC(=O)C=C1CC[C@@H]1C2CC[C@@]2(C)C1CC[C@]2(O)C(=O)COC(=O)CCC(=O)NCCCCCC(=O)NCCc1ccc(O)c(O)c1. The second-order valence-electron chi connectivity index (χ2n) is 15.5. The van der Waals surface area contributed by atoms with Gasteiger partial charge >= 0.3 is 5.97 Å². The second-order valence-corrected chi connectivity index (χ2v) is 15.5. The highest BCUT2D eigenvalue weighted by molar-refractivity contribution is 5.92. The molecule has 1 aromatic carbocycles. The number of benzene rings is 1. The smallest absolute Gasteiger partial charge is 0.306 e. The summed E-state index contributed by atoms with van der Waals surface area (Å²) < 4.78 is 5.28. The maximum Gasteiger partial charge on any atom is 0.306 e. The predicted octanol–water partition coefficient (Wildman–Crippen LogP) is 4.59. The first-order valence-electron chi connectivity index (χ1n) is 18.5. The molecule has 5 N–H and O–H groups in total. The van der Waals surface area contributed by atoms with E-state index in [4.69, 9.17) is 4.74 Å². The van der Waals surface area contributed by atoms with Gasteiger partial charge in [-0.1, -0.05) is 31.9 Å². The Morgan fingerprint density at radius 3 is 2.36 bits per heavy atom. The van der Waals surface area contributed by atoms with Gasteiger partial charge in [-0.2, -0.15) is 0 Å². The molecule has 50 heavy (non-hydrogen) atoms. The normalized spacial score (nSPS) is 29.9. The summed E-state index contributed by atoms with van der Waals surface area (Å²) in [4.78, 5) is 62.4. The molecule has 274 valence electrons. The van der Waals surface area contributed by atoms with Crippen molar-refractivity contribution in [2.45, 2.75) is 116 Å². The molecule has 11 nitrogen and oxygen atoms in total. The Morgan fingerprint density at radius 2 is 1.58 bits per heavy atom. The number of hydrogen-bond donors (Lipinski definition) is 5. The van der Waals surface area contributed by atoms with E-state index in [1.54, 1.807) is 6.07 Å². The molecule has 2 amide bonds. The van der Waals surface area contributed by atoms with Crippen LogP contribution in [0.15, 0.2) is 29.8 Å². The van der Waals surface area contributed by atoms with Crippen molar-refractivity contribution in [3.05, 3.63) is 35.4 Å². The van der Waals surface area contributed by atoms with Crippen LogP contribution in [0.2, 0.25) is 0 Å². The van der Waals surface area contributed by atoms with Gasteiger partial charge in [0.1, 0.15) is 5.60 Å². The number of allylic oxidation sites excluding steroid dienone is 1. The van der Waals surface area contributed by atoms with E-state index in [1.165, 1.54) is 17.7 Å². The van der Waals surface area contributed by atoms with Gasteiger partial charge in [0.05, 0.1) is 6.42 Å². The van der Waals surface area contributed by atoms with Crippen LogP contribution in [0.4, 0.5) is 0 Å². The van der Waals surface area contributed by atoms with Gasteiger partial charge in [-0.25, -0.2) is 0 Å². The number of esters is 1. The van der Waals surface area contributed by atoms with Crippen molar-refractivity contribution in [2.24, 2.45) is 28.6 Å². The van der Waals surface area contributed by atoms with E-state index in [9.17, 15) is 39.3 Å². The molecule has 0 bridgehead atoms. The molecular formula is C39H54N2O9. The topological polar surface area (TPSA) is 179 Å². The number of rotatable bonds is 15. The minimum atomic E-state index is -1.56. The first-order chi connectivity index (χ1) is 23.8. The number of aromatic hydroxyl groups is 2. The minimum absolute atomic E-state index is 0.00784. The number of phenolic OH excluding ortho intramolecular Hbond substituents is 2. The summed E-state index contributed by atoms with van der Waals surface area (Å²) in [7, 11) is 0. The number of carbonyl (C=O) groups excluding carboxylic acids is 5. The van der Waals surface area contributed by atoms with Crippen LogP contribution in [0.3, 0.4) is 0 Å². The summed E-state index contributed by atoms with van der Waals surface area (Å²) in [5.74, 6) is -0.619. The zero-order valence-electron chi connectivity index (χ0n) is 29.6. The highest BCUT2D eigenvalue weighted by Gasteiger charge is 2.66. The van der Waals surface area contributed by atoms with Crippen LogP contribution in [-0.2, 0) is 35.1 Å². The molecule has 4 aliphatic rings. The summed E-state index contributed by atoms with van der Waals surface area (Å²) in [6, 6.07) is 4.56. The lowest BCUT2D eigenvalue weighted by Crippen LogP contribution is -2.58. The molecule has 0 aromatic heterocycles. The highest BCUT2D eigenvalue weighted by atomic mass is 16.5. The lowest BCUT2D eigenvalue weighted by atomic mass is 9.46. The summed E-state index contributed by atoms with van der Waals surface area (Å²) in [5, 5.41) is 36.4. The summed E-state index contributed by atoms with van der Waals surface area (Å²) in [6.45, 7) is 4.67. The van der Waals surface area contributed by atoms with Gasteiger partial charge in [-0.05, 0) is 111 Å². The standard InChI is InChI=1S/C39H54N2O9/c1-37-17-13-27(42)23-26(37)8-9-28-29(37)14-18-38(2)30(28)15-19-39(38,49)33(45)24-50-36(48)12-11-35(47)40-20-5-3-4-6-34(46)41-21-16-25-7-10-31(43)32(44)22-25/h7,10,22-23,28-30,43-44,49H,3-6,8-9,11-21,24H2,1-2H3,(H,40,47)(H,41,46)/t28-,29?,30?,37+,38+,39+/m1/s1. The fraction of sp³-hybridized carbons (Fsp3) is 0.667. The van der Waals surface area contributed by atoms with Crippen LogP contribution in [0.5, 0.6) is 11.5 Å². The van der Waals surface area contributed by atoms with Crippen molar-refractivity contribution in [1.29, 1.82) is 0 Å². The summed E-state index contributed by atoms with van der Waals surface area (Å²) in [5.41, 5.74) is -0.0574. The summed E-state index contributed by atoms with van der Waals surface area (Å²) >= 11 is 0. The molecule has 2 unspecified atom stereocenters. The number of amides is 2. The van der Waals surface area contributed by atoms with Crippen LogP contribution < -0.4 is 10.6 Å². The molecule has 1 aromatic rings. The molecule has 0 radical (unpaired) electrons. The average molecular weight is 695 g/mol. The Morgan fingerprint density at radius 1 is 0.840 bits per heavy atom. The monoisotopic (exact) mass is 694 g/mol. The number of hydrogen-bond acceptors (Lipinski definition) is 9. The van der Waals surface area contributed by atoms with E-state index in [0.29, 0.717) is 69.9 Å². The maximum absolute atomic E-state index is 13.5. The van der Waals surface area contributed by atoms with Crippen LogP contribution >= 0.6 is 0 Å². The second kappa shape index (κ2) is 15.7. The third-order valence-corrected chi connectivity index (χ3v) is 12.7. The van der Waals surface area contributed by atoms with Crippen LogP contribution in [0.25, 0.3) is 0 Å². The number of fused-ring (bicyclic) bond motifs is 5. The average Bonchev–Trinajstić information content (AvgIpc) is 3.37. The third kappa shape index (κ3) is 7.92. The number of ketones is 2. The Hall–Kier alpha value is -3.73. The molecule has 0 saturated heterocycles. The van der Waals surface area contributed by atoms with Crippen LogP contribution in [0.1, 0.15) is 109 Å². The first-order valence-corrected chi connectivity index (χ1v) is 18.5. The molecule has 4 aliphatic carbocycles. The zero-order chi connectivity index (χ0) is 36.1. The lowest BCUT2D eigenvalue weighted by molar-refractivity contribution is -0.170. The molecule has 3 saturated carbocycles. The van der Waals surface area contributed by atoms with Gasteiger partial charge in [-0.3, -0.25) is 24.0 Å². The van der Waals surface area contributed by atoms with E-state index < -0.39 is 29.4 Å². The quantitative estimate of drug-likeness (QED) is 0.0998. The maximum atomic E-state index is 13.5. The van der Waals surface area contributed by atoms with E-state index in [0.717, 1.165) is 44.1 Å². The summed E-state index contributed by atoms with van der Waals surface area (Å²) in [6.07, 6.45) is 10.7. The van der Waals surface area contributed by atoms with Gasteiger partial charge < -0.3 is 30.7 Å². The Labute approximate surface area is 294 Å². The molecule has 0 heterocycles. The van der Waals surface area contributed by atoms with Crippen molar-refractivity contribution in [2.75, 3.05) is 19.7 Å². The van der Waals surface area contributed by atoms with Gasteiger partial charge in [0, 0.05) is 37.8 Å². The van der Waals surface area contributed by atoms with Crippen molar-refractivity contribution in [3.8, 4) is 11.5 Å². The molecular weight excluding hydrogens is 640 g/mol. The van der Waals surface area contributed by atoms with Gasteiger partial charge in [-0.15, -0.1) is 0 Å². The number of phenols is 2. The van der Waals surface area contributed by atoms with Crippen molar-refractivity contribution < 1.29 is 44.0 Å². The molecule has 11 heteroatoms. The number of unbranched alkanes of at least 4 members (excludes halogenated alkanes) is 2. The van der Waals surface area contributed by atoms with E-state index in [1.807, 2.05) is 13.0 Å². The molecule has 3 fully saturated rings. The van der Waals surface area contributed by atoms with Crippen LogP contribution in [0, 0.1) is 28.6 Å². The molecule has 0 spiro atoms. The Kier molecular flexibility index (Phi) is 11.8. The fourth-order valence-corrected chi connectivity index (χ4v) is 9.65. The van der Waals surface area contributed by atoms with Crippen LogP contribution in [-0.4, -0.2) is 70.0 Å². The number of Topliss-reactive ketones (excluding diaryl/α,β-unsaturated/α-hetero) is 1. The van der Waals surface area contributed by atoms with Crippen molar-refractivity contribution in [3.63, 3.8) is 0 Å². The number of nitrogens with one attached hydrogen (secondary N) is 2. The van der Waals surface area contributed by atoms with Crippen molar-refractivity contribution in [1.82, 2.24) is 10.6 Å². The Bertz CT molecular complexity index is 1510. The van der Waals surface area contributed by atoms with E-state index in [-0.39, 0.29) is 53.3 Å². The largest absolute Gasteiger partial charge is 0.504 e. The van der Waals surface area contributed by atoms with E-state index >= 15 is 0 Å². The minimum Gasteiger partial charge on any atom is -0.504 e. The lowest BCUT2D eigenvalue weighted by Gasteiger charge is -2.58. The molecule has 0 aliphatic heterocycles. The number of carbonyl (C=O) groups is 5.